The first-order chi connectivity index (χ1) is 11.6. The molecule has 0 bridgehead atoms. The van der Waals surface area contributed by atoms with E-state index in [1.807, 2.05) is 0 Å². The quantitative estimate of drug-likeness (QED) is 0.457. The van der Waals surface area contributed by atoms with Gasteiger partial charge in [-0.2, -0.15) is 13.2 Å². The second kappa shape index (κ2) is 7.69. The fourth-order valence-electron chi connectivity index (χ4n) is 2.32. The molecule has 0 aliphatic carbocycles. The van der Waals surface area contributed by atoms with Crippen molar-refractivity contribution in [1.29, 1.82) is 0 Å². The molecule has 1 N–H and O–H groups in total. The number of esters is 1. The van der Waals surface area contributed by atoms with Crippen molar-refractivity contribution >= 4 is 27.8 Å². The van der Waals surface area contributed by atoms with E-state index in [9.17, 15) is 27.2 Å². The highest BCUT2D eigenvalue weighted by atomic mass is 79.9. The van der Waals surface area contributed by atoms with E-state index < -0.39 is 47.5 Å². The largest absolute Gasteiger partial charge is 0.471 e. The van der Waals surface area contributed by atoms with Gasteiger partial charge in [-0.05, 0) is 19.1 Å². The zero-order chi connectivity index (χ0) is 18.8. The van der Waals surface area contributed by atoms with Crippen LogP contribution < -0.4 is 5.32 Å². The number of nitrogens with one attached hydrogen (secondary N) is 1. The first-order valence-electron chi connectivity index (χ1n) is 7.18. The Balaban J connectivity index is 2.21. The molecule has 1 amide bonds. The Kier molecular flexibility index (Phi) is 6.04. The lowest BCUT2D eigenvalue weighted by Crippen LogP contribution is -2.63. The number of ether oxygens (including phenoxy) is 2. The zero-order valence-electron chi connectivity index (χ0n) is 12.8. The SMILES string of the molecule is C[C@H]1O[C@H](Br)[C@H](F)[C@@H](OC(=O)c2ccccc2)[C@@H]1NC(=O)C(F)(F)F. The van der Waals surface area contributed by atoms with Crippen molar-refractivity contribution < 1.29 is 36.6 Å². The fraction of sp³-hybridized carbons (Fsp3) is 0.467. The number of carbonyl (C=O) groups excluding carboxylic acids is 2. The van der Waals surface area contributed by atoms with E-state index in [4.69, 9.17) is 9.47 Å². The summed E-state index contributed by atoms with van der Waals surface area (Å²) in [5.74, 6) is -3.19. The van der Waals surface area contributed by atoms with Crippen LogP contribution in [0, 0.1) is 0 Å². The molecule has 0 spiro atoms. The van der Waals surface area contributed by atoms with E-state index in [1.165, 1.54) is 19.1 Å². The minimum Gasteiger partial charge on any atom is -0.453 e. The van der Waals surface area contributed by atoms with E-state index >= 15 is 0 Å². The van der Waals surface area contributed by atoms with Crippen LogP contribution in [-0.2, 0) is 14.3 Å². The highest BCUT2D eigenvalue weighted by Gasteiger charge is 2.50. The van der Waals surface area contributed by atoms with Gasteiger partial charge in [0.05, 0.1) is 17.7 Å². The number of rotatable bonds is 3. The number of benzene rings is 1. The average Bonchev–Trinajstić information content (AvgIpc) is 2.55. The second-order valence-electron chi connectivity index (χ2n) is 5.37. The molecule has 0 radical (unpaired) electrons. The summed E-state index contributed by atoms with van der Waals surface area (Å²) in [6, 6.07) is 6.05. The topological polar surface area (TPSA) is 64.6 Å². The Labute approximate surface area is 148 Å². The van der Waals surface area contributed by atoms with E-state index in [2.05, 4.69) is 15.9 Å². The molecule has 25 heavy (non-hydrogen) atoms. The van der Waals surface area contributed by atoms with Gasteiger partial charge in [-0.3, -0.25) is 4.79 Å². The van der Waals surface area contributed by atoms with E-state index in [-0.39, 0.29) is 5.56 Å². The van der Waals surface area contributed by atoms with Gasteiger partial charge in [0.1, 0.15) is 5.01 Å². The second-order valence-corrected chi connectivity index (χ2v) is 6.27. The number of carbonyl (C=O) groups is 2. The summed E-state index contributed by atoms with van der Waals surface area (Å²) in [7, 11) is 0. The molecule has 0 aromatic heterocycles. The molecule has 1 heterocycles. The third kappa shape index (κ3) is 4.69. The van der Waals surface area contributed by atoms with Crippen LogP contribution in [0.1, 0.15) is 17.3 Å². The predicted molar refractivity (Wildman–Crippen MR) is 81.8 cm³/mol. The number of hydrogen-bond donors (Lipinski definition) is 1. The van der Waals surface area contributed by atoms with Gasteiger partial charge in [0.2, 0.25) is 0 Å². The van der Waals surface area contributed by atoms with Crippen LogP contribution in [0.5, 0.6) is 0 Å². The molecular formula is C15H14BrF4NO4. The number of halogens is 5. The predicted octanol–water partition coefficient (Wildman–Crippen LogP) is 2.74. The Hall–Kier alpha value is -1.68. The lowest BCUT2D eigenvalue weighted by molar-refractivity contribution is -0.181. The lowest BCUT2D eigenvalue weighted by atomic mass is 9.98. The summed E-state index contributed by atoms with van der Waals surface area (Å²) in [5, 5.41) is 0.441. The smallest absolute Gasteiger partial charge is 0.453 e. The van der Waals surface area contributed by atoms with Crippen molar-refractivity contribution in [2.45, 2.75) is 42.5 Å². The normalized spacial score (nSPS) is 29.8. The summed E-state index contributed by atoms with van der Waals surface area (Å²) in [6.45, 7) is 1.34. The van der Waals surface area contributed by atoms with E-state index in [0.717, 1.165) is 0 Å². The van der Waals surface area contributed by atoms with Gasteiger partial charge in [-0.25, -0.2) is 9.18 Å². The van der Waals surface area contributed by atoms with Crippen LogP contribution >= 0.6 is 15.9 Å². The summed E-state index contributed by atoms with van der Waals surface area (Å²) in [5.41, 5.74) is 0.0980. The van der Waals surface area contributed by atoms with E-state index in [1.54, 1.807) is 23.5 Å². The molecule has 0 unspecified atom stereocenters. The molecule has 5 nitrogen and oxygen atoms in total. The Morgan fingerprint density at radius 1 is 1.24 bits per heavy atom. The van der Waals surface area contributed by atoms with E-state index in [0.29, 0.717) is 0 Å². The summed E-state index contributed by atoms with van der Waals surface area (Å²) in [4.78, 5) is 23.3. The highest BCUT2D eigenvalue weighted by Crippen LogP contribution is 2.30. The van der Waals surface area contributed by atoms with Crippen LogP contribution in [0.2, 0.25) is 0 Å². The Morgan fingerprint density at radius 2 is 1.84 bits per heavy atom. The van der Waals surface area contributed by atoms with Crippen LogP contribution in [0.4, 0.5) is 17.6 Å². The molecule has 1 saturated heterocycles. The third-order valence-electron chi connectivity index (χ3n) is 3.58. The molecular weight excluding hydrogens is 414 g/mol. The van der Waals surface area contributed by atoms with Gasteiger partial charge < -0.3 is 14.8 Å². The molecule has 1 aromatic rings. The first kappa shape index (κ1) is 19.6. The van der Waals surface area contributed by atoms with Crippen molar-refractivity contribution in [3.63, 3.8) is 0 Å². The maximum Gasteiger partial charge on any atom is 0.471 e. The van der Waals surface area contributed by atoms with Gasteiger partial charge in [-0.15, -0.1) is 0 Å². The molecule has 5 atom stereocenters. The van der Waals surface area contributed by atoms with Crippen LogP contribution in [-0.4, -0.2) is 47.5 Å². The van der Waals surface area contributed by atoms with Crippen molar-refractivity contribution in [2.75, 3.05) is 0 Å². The van der Waals surface area contributed by atoms with Gasteiger partial charge in [0.15, 0.2) is 12.3 Å². The molecule has 1 fully saturated rings. The summed E-state index contributed by atoms with van der Waals surface area (Å²) >= 11 is 2.89. The Bertz CT molecular complexity index is 628. The number of hydrogen-bond acceptors (Lipinski definition) is 4. The van der Waals surface area contributed by atoms with Crippen LogP contribution in [0.25, 0.3) is 0 Å². The number of alkyl halides is 5. The van der Waals surface area contributed by atoms with Crippen molar-refractivity contribution in [3.05, 3.63) is 35.9 Å². The monoisotopic (exact) mass is 427 g/mol. The Morgan fingerprint density at radius 3 is 2.40 bits per heavy atom. The van der Waals surface area contributed by atoms with Gasteiger partial charge in [-0.1, -0.05) is 34.1 Å². The minimum absolute atomic E-state index is 0.0980. The van der Waals surface area contributed by atoms with Crippen LogP contribution in [0.3, 0.4) is 0 Å². The van der Waals surface area contributed by atoms with Crippen molar-refractivity contribution in [2.24, 2.45) is 0 Å². The van der Waals surface area contributed by atoms with Gasteiger partial charge in [0.25, 0.3) is 0 Å². The summed E-state index contributed by atoms with van der Waals surface area (Å²) in [6.07, 6.45) is -9.84. The molecule has 1 aromatic carbocycles. The molecule has 0 saturated carbocycles. The molecule has 1 aliphatic rings. The van der Waals surface area contributed by atoms with Gasteiger partial charge in [0, 0.05) is 0 Å². The molecule has 2 rings (SSSR count). The van der Waals surface area contributed by atoms with Crippen molar-refractivity contribution in [3.8, 4) is 0 Å². The first-order valence-corrected chi connectivity index (χ1v) is 8.10. The van der Waals surface area contributed by atoms with Gasteiger partial charge >= 0.3 is 18.1 Å². The fourth-order valence-corrected chi connectivity index (χ4v) is 2.96. The third-order valence-corrected chi connectivity index (χ3v) is 4.30. The maximum absolute atomic E-state index is 14.4. The molecule has 1 aliphatic heterocycles. The summed E-state index contributed by atoms with van der Waals surface area (Å²) < 4.78 is 62.1. The number of amides is 1. The van der Waals surface area contributed by atoms with Crippen molar-refractivity contribution in [1.82, 2.24) is 5.32 Å². The molecule has 138 valence electrons. The standard InChI is InChI=1S/C15H14BrF4NO4/c1-7-10(21-14(23)15(18,19)20)11(9(17)12(16)24-7)25-13(22)8-5-3-2-4-6-8/h2-7,9-12H,1H3,(H,21,23)/t7-,9-,10-,11-,12+/m1/s1. The minimum atomic E-state index is -5.16. The highest BCUT2D eigenvalue weighted by molar-refractivity contribution is 9.09. The average molecular weight is 428 g/mol. The lowest BCUT2D eigenvalue weighted by Gasteiger charge is -2.40. The van der Waals surface area contributed by atoms with Crippen LogP contribution in [0.15, 0.2) is 30.3 Å². The molecule has 10 heteroatoms. The zero-order valence-corrected chi connectivity index (χ0v) is 14.4. The maximum atomic E-state index is 14.4.